The molecule has 1 atom stereocenters. The van der Waals surface area contributed by atoms with E-state index in [9.17, 15) is 18.0 Å². The van der Waals surface area contributed by atoms with Gasteiger partial charge >= 0.3 is 6.18 Å². The van der Waals surface area contributed by atoms with Crippen LogP contribution in [0, 0.1) is 5.92 Å². The lowest BCUT2D eigenvalue weighted by Crippen LogP contribution is -2.40. The van der Waals surface area contributed by atoms with Crippen LogP contribution >= 0.6 is 0 Å². The van der Waals surface area contributed by atoms with Crippen LogP contribution in [0.5, 0.6) is 5.75 Å². The number of ether oxygens (including phenoxy) is 1. The first-order chi connectivity index (χ1) is 11.8. The second-order valence-electron chi connectivity index (χ2n) is 6.42. The molecule has 2 aromatic carbocycles. The number of nitrogens with one attached hydrogen (secondary N) is 1. The Balaban J connectivity index is 1.92. The molecule has 2 aromatic rings. The van der Waals surface area contributed by atoms with Gasteiger partial charge in [0.05, 0.1) is 17.2 Å². The number of amides is 1. The van der Waals surface area contributed by atoms with Crippen LogP contribution < -0.4 is 10.1 Å². The third-order valence-corrected chi connectivity index (χ3v) is 4.31. The molecule has 25 heavy (non-hydrogen) atoms. The topological polar surface area (TPSA) is 38.3 Å². The van der Waals surface area contributed by atoms with E-state index in [4.69, 9.17) is 4.74 Å². The van der Waals surface area contributed by atoms with Crippen molar-refractivity contribution in [2.45, 2.75) is 26.1 Å². The average molecular weight is 349 g/mol. The van der Waals surface area contributed by atoms with E-state index in [2.05, 4.69) is 5.32 Å². The summed E-state index contributed by atoms with van der Waals surface area (Å²) in [6, 6.07) is 9.85. The van der Waals surface area contributed by atoms with E-state index in [-0.39, 0.29) is 17.9 Å². The van der Waals surface area contributed by atoms with Gasteiger partial charge in [-0.15, -0.1) is 0 Å². The maximum Gasteiger partial charge on any atom is 0.416 e. The molecule has 0 saturated carbocycles. The van der Waals surface area contributed by atoms with Crippen LogP contribution in [0.2, 0.25) is 0 Å². The molecule has 0 spiro atoms. The van der Waals surface area contributed by atoms with Gasteiger partial charge in [0.15, 0.2) is 0 Å². The number of carbonyl (C=O) groups excluding carboxylic acids is 1. The zero-order valence-electron chi connectivity index (χ0n) is 13.9. The highest BCUT2D eigenvalue weighted by molar-refractivity contribution is 5.98. The summed E-state index contributed by atoms with van der Waals surface area (Å²) in [6.07, 6.45) is -4.37. The highest BCUT2D eigenvalue weighted by atomic mass is 19.4. The Kier molecular flexibility index (Phi) is 4.45. The standard InChI is InChI=1S/C19H18F3NO2/c1-11(2)16-10-25-17-8-5-13(9-15(17)18(24)23-16)12-3-6-14(7-4-12)19(20,21)22/h3-9,11,16H,10H2,1-2H3,(H,23,24)/t16-/m0/s1. The molecule has 0 saturated heterocycles. The van der Waals surface area contributed by atoms with Gasteiger partial charge in [0.1, 0.15) is 12.4 Å². The van der Waals surface area contributed by atoms with Crippen molar-refractivity contribution in [3.05, 3.63) is 53.6 Å². The summed E-state index contributed by atoms with van der Waals surface area (Å²) in [4.78, 5) is 12.4. The second kappa shape index (κ2) is 6.43. The predicted octanol–water partition coefficient (Wildman–Crippen LogP) is 4.52. The maximum absolute atomic E-state index is 12.7. The van der Waals surface area contributed by atoms with Crippen LogP contribution in [0.3, 0.4) is 0 Å². The van der Waals surface area contributed by atoms with Crippen LogP contribution in [0.1, 0.15) is 29.8 Å². The second-order valence-corrected chi connectivity index (χ2v) is 6.42. The molecule has 0 fully saturated rings. The Hall–Kier alpha value is -2.50. The Morgan fingerprint density at radius 3 is 2.32 bits per heavy atom. The van der Waals surface area contributed by atoms with Crippen LogP contribution in [-0.2, 0) is 6.18 Å². The van der Waals surface area contributed by atoms with Gasteiger partial charge in [0.2, 0.25) is 0 Å². The summed E-state index contributed by atoms with van der Waals surface area (Å²) >= 11 is 0. The molecule has 0 aromatic heterocycles. The molecule has 0 unspecified atom stereocenters. The number of rotatable bonds is 2. The first-order valence-corrected chi connectivity index (χ1v) is 8.01. The molecular weight excluding hydrogens is 331 g/mol. The molecule has 1 amide bonds. The largest absolute Gasteiger partial charge is 0.491 e. The summed E-state index contributed by atoms with van der Waals surface area (Å²) in [5, 5.41) is 2.93. The lowest BCUT2D eigenvalue weighted by molar-refractivity contribution is -0.137. The highest BCUT2D eigenvalue weighted by Crippen LogP contribution is 2.32. The fraction of sp³-hybridized carbons (Fsp3) is 0.316. The number of halogens is 3. The van der Waals surface area contributed by atoms with E-state index >= 15 is 0 Å². The molecule has 3 nitrogen and oxygen atoms in total. The van der Waals surface area contributed by atoms with E-state index < -0.39 is 11.7 Å². The van der Waals surface area contributed by atoms with Crippen LogP contribution in [0.4, 0.5) is 13.2 Å². The van der Waals surface area contributed by atoms with Gasteiger partial charge in [-0.05, 0) is 41.3 Å². The van der Waals surface area contributed by atoms with Gasteiger partial charge < -0.3 is 10.1 Å². The van der Waals surface area contributed by atoms with E-state index in [1.54, 1.807) is 18.2 Å². The van der Waals surface area contributed by atoms with E-state index in [0.717, 1.165) is 12.1 Å². The third-order valence-electron chi connectivity index (χ3n) is 4.31. The molecule has 0 bridgehead atoms. The SMILES string of the molecule is CC(C)[C@@H]1COc2ccc(-c3ccc(C(F)(F)F)cc3)cc2C(=O)N1. The quantitative estimate of drug-likeness (QED) is 0.866. The van der Waals surface area contributed by atoms with Crippen LogP contribution in [-0.4, -0.2) is 18.6 Å². The fourth-order valence-electron chi connectivity index (χ4n) is 2.69. The van der Waals surface area contributed by atoms with E-state index in [1.165, 1.54) is 12.1 Å². The molecule has 0 radical (unpaired) electrons. The van der Waals surface area contributed by atoms with Crippen LogP contribution in [0.15, 0.2) is 42.5 Å². The summed E-state index contributed by atoms with van der Waals surface area (Å²) in [7, 11) is 0. The van der Waals surface area contributed by atoms with Crippen molar-refractivity contribution in [2.24, 2.45) is 5.92 Å². The van der Waals surface area contributed by atoms with Crippen molar-refractivity contribution in [1.29, 1.82) is 0 Å². The van der Waals surface area contributed by atoms with Crippen molar-refractivity contribution >= 4 is 5.91 Å². The molecule has 1 aliphatic rings. The fourth-order valence-corrected chi connectivity index (χ4v) is 2.69. The predicted molar refractivity (Wildman–Crippen MR) is 88.5 cm³/mol. The van der Waals surface area contributed by atoms with Crippen LogP contribution in [0.25, 0.3) is 11.1 Å². The lowest BCUT2D eigenvalue weighted by atomic mass is 10.0. The molecule has 6 heteroatoms. The molecule has 1 N–H and O–H groups in total. The van der Waals surface area contributed by atoms with Gasteiger partial charge in [-0.2, -0.15) is 13.2 Å². The van der Waals surface area contributed by atoms with E-state index in [0.29, 0.717) is 29.0 Å². The zero-order valence-corrected chi connectivity index (χ0v) is 13.9. The highest BCUT2D eigenvalue weighted by Gasteiger charge is 2.30. The first-order valence-electron chi connectivity index (χ1n) is 8.01. The number of alkyl halides is 3. The molecule has 0 aliphatic carbocycles. The Bertz CT molecular complexity index is 782. The molecule has 1 heterocycles. The summed E-state index contributed by atoms with van der Waals surface area (Å²) in [6.45, 7) is 4.38. The smallest absolute Gasteiger partial charge is 0.416 e. The Morgan fingerprint density at radius 1 is 1.08 bits per heavy atom. The van der Waals surface area contributed by atoms with Crippen molar-refractivity contribution in [3.63, 3.8) is 0 Å². The minimum absolute atomic E-state index is 0.0885. The van der Waals surface area contributed by atoms with Crippen molar-refractivity contribution in [2.75, 3.05) is 6.61 Å². The Labute approximate surface area is 143 Å². The van der Waals surface area contributed by atoms with Gasteiger partial charge in [-0.3, -0.25) is 4.79 Å². The molecule has 132 valence electrons. The van der Waals surface area contributed by atoms with Gasteiger partial charge in [-0.25, -0.2) is 0 Å². The number of benzene rings is 2. The maximum atomic E-state index is 12.7. The number of carbonyl (C=O) groups is 1. The number of fused-ring (bicyclic) bond motifs is 1. The minimum Gasteiger partial charge on any atom is -0.491 e. The summed E-state index contributed by atoms with van der Waals surface area (Å²) < 4.78 is 43.7. The Morgan fingerprint density at radius 2 is 1.72 bits per heavy atom. The number of hydrogen-bond acceptors (Lipinski definition) is 2. The summed E-state index contributed by atoms with van der Waals surface area (Å²) in [5.41, 5.74) is 0.954. The number of hydrogen-bond donors (Lipinski definition) is 1. The minimum atomic E-state index is -4.37. The third kappa shape index (κ3) is 3.62. The average Bonchev–Trinajstić information content (AvgIpc) is 2.73. The first kappa shape index (κ1) is 17.3. The van der Waals surface area contributed by atoms with Gasteiger partial charge in [0, 0.05) is 0 Å². The van der Waals surface area contributed by atoms with Crippen molar-refractivity contribution < 1.29 is 22.7 Å². The lowest BCUT2D eigenvalue weighted by Gasteiger charge is -2.18. The van der Waals surface area contributed by atoms with Gasteiger partial charge in [0.25, 0.3) is 5.91 Å². The molecule has 3 rings (SSSR count). The normalized spacial score (nSPS) is 17.5. The van der Waals surface area contributed by atoms with E-state index in [1.807, 2.05) is 13.8 Å². The van der Waals surface area contributed by atoms with Crippen molar-refractivity contribution in [3.8, 4) is 16.9 Å². The molecule has 1 aliphatic heterocycles. The zero-order chi connectivity index (χ0) is 18.2. The van der Waals surface area contributed by atoms with Crippen molar-refractivity contribution in [1.82, 2.24) is 5.32 Å². The molecular formula is C19H18F3NO2. The monoisotopic (exact) mass is 349 g/mol. The summed E-state index contributed by atoms with van der Waals surface area (Å²) in [5.74, 6) is 0.476. The van der Waals surface area contributed by atoms with Gasteiger partial charge in [-0.1, -0.05) is 32.0 Å².